The molecule has 1 atom stereocenters. The Hall–Kier alpha value is -4.55. The van der Waals surface area contributed by atoms with Crippen LogP contribution in [-0.2, 0) is 18.0 Å². The number of carbonyl (C=O) groups excluding carboxylic acids is 1. The van der Waals surface area contributed by atoms with Crippen LogP contribution < -0.4 is 18.9 Å². The van der Waals surface area contributed by atoms with E-state index >= 15 is 0 Å². The van der Waals surface area contributed by atoms with Crippen LogP contribution in [0.2, 0.25) is 0 Å². The first-order valence-electron chi connectivity index (χ1n) is 12.2. The van der Waals surface area contributed by atoms with E-state index in [4.69, 9.17) is 18.9 Å². The van der Waals surface area contributed by atoms with Crippen LogP contribution in [0.1, 0.15) is 35.3 Å². The van der Waals surface area contributed by atoms with E-state index in [0.29, 0.717) is 47.3 Å². The van der Waals surface area contributed by atoms with Crippen LogP contribution in [0.15, 0.2) is 103 Å². The molecular formula is C32H30O6. The van der Waals surface area contributed by atoms with E-state index < -0.39 is 12.1 Å². The van der Waals surface area contributed by atoms with Crippen molar-refractivity contribution in [2.24, 2.45) is 0 Å². The third kappa shape index (κ3) is 7.48. The smallest absolute Gasteiger partial charge is 0.308 e. The number of aliphatic hydroxyl groups is 1. The Balaban J connectivity index is 1.52. The van der Waals surface area contributed by atoms with Gasteiger partial charge in [0.1, 0.15) is 42.3 Å². The minimum absolute atomic E-state index is 0.335. The number of aliphatic hydroxyl groups excluding tert-OH is 1. The number of rotatable bonds is 11. The molecule has 4 rings (SSSR count). The van der Waals surface area contributed by atoms with Crippen molar-refractivity contribution in [1.82, 2.24) is 0 Å². The Kier molecular flexibility index (Phi) is 9.16. The first-order chi connectivity index (χ1) is 18.5. The van der Waals surface area contributed by atoms with Gasteiger partial charge in [-0.15, -0.1) is 0 Å². The van der Waals surface area contributed by atoms with Gasteiger partial charge in [-0.05, 0) is 35.4 Å². The molecule has 0 radical (unpaired) electrons. The van der Waals surface area contributed by atoms with E-state index in [1.54, 1.807) is 55.7 Å². The molecule has 4 aromatic carbocycles. The highest BCUT2D eigenvalue weighted by Crippen LogP contribution is 2.33. The lowest BCUT2D eigenvalue weighted by atomic mass is 10.1. The predicted octanol–water partition coefficient (Wildman–Crippen LogP) is 6.53. The van der Waals surface area contributed by atoms with Crippen LogP contribution in [0, 0.1) is 0 Å². The van der Waals surface area contributed by atoms with Crippen molar-refractivity contribution in [1.29, 1.82) is 0 Å². The average Bonchev–Trinajstić information content (AvgIpc) is 2.95. The summed E-state index contributed by atoms with van der Waals surface area (Å²) in [6.07, 6.45) is 2.34. The van der Waals surface area contributed by atoms with E-state index in [-0.39, 0.29) is 0 Å². The van der Waals surface area contributed by atoms with Crippen molar-refractivity contribution in [3.8, 4) is 23.0 Å². The van der Waals surface area contributed by atoms with Gasteiger partial charge in [0.05, 0.1) is 7.11 Å². The Morgan fingerprint density at radius 2 is 1.39 bits per heavy atom. The van der Waals surface area contributed by atoms with Crippen LogP contribution in [-0.4, -0.2) is 18.2 Å². The van der Waals surface area contributed by atoms with Crippen molar-refractivity contribution in [2.75, 3.05) is 7.11 Å². The molecule has 0 aliphatic carbocycles. The summed E-state index contributed by atoms with van der Waals surface area (Å²) in [4.78, 5) is 11.7. The summed E-state index contributed by atoms with van der Waals surface area (Å²) in [6.45, 7) is 2.07. The van der Waals surface area contributed by atoms with Crippen LogP contribution >= 0.6 is 0 Å². The molecule has 0 aliphatic heterocycles. The highest BCUT2D eigenvalue weighted by Gasteiger charge is 2.14. The number of hydrogen-bond acceptors (Lipinski definition) is 6. The molecule has 0 spiro atoms. The zero-order chi connectivity index (χ0) is 26.7. The van der Waals surface area contributed by atoms with Crippen molar-refractivity contribution >= 4 is 12.0 Å². The highest BCUT2D eigenvalue weighted by atomic mass is 16.5. The van der Waals surface area contributed by atoms with E-state index in [0.717, 1.165) is 11.1 Å². The first kappa shape index (κ1) is 26.5. The van der Waals surface area contributed by atoms with Crippen LogP contribution in [0.25, 0.3) is 6.08 Å². The van der Waals surface area contributed by atoms with Crippen LogP contribution in [0.3, 0.4) is 0 Å². The first-order valence-corrected chi connectivity index (χ1v) is 12.2. The number of esters is 1. The molecule has 6 heteroatoms. The molecular weight excluding hydrogens is 480 g/mol. The van der Waals surface area contributed by atoms with Gasteiger partial charge in [-0.2, -0.15) is 0 Å². The molecule has 0 saturated carbocycles. The molecule has 4 aromatic rings. The molecule has 0 fully saturated rings. The summed E-state index contributed by atoms with van der Waals surface area (Å²) in [5, 5.41) is 11.0. The standard InChI is InChI=1S/C32H30O6/c1-23(33)38-31-20-28(36-21-24-9-5-3-6-10-24)15-13-26(31)14-18-30(34)29-17-16-27(35-2)19-32(29)37-22-25-11-7-4-8-12-25/h3-20,30,34H,21-22H2,1-2H3. The third-order valence-electron chi connectivity index (χ3n) is 5.72. The molecule has 1 unspecified atom stereocenters. The molecule has 38 heavy (non-hydrogen) atoms. The Labute approximate surface area is 222 Å². The topological polar surface area (TPSA) is 74.2 Å². The van der Waals surface area contributed by atoms with Gasteiger partial charge in [-0.3, -0.25) is 4.79 Å². The van der Waals surface area contributed by atoms with Crippen molar-refractivity contribution in [2.45, 2.75) is 26.2 Å². The van der Waals surface area contributed by atoms with Gasteiger partial charge in [0.2, 0.25) is 0 Å². The fraction of sp³-hybridized carbons (Fsp3) is 0.156. The number of ether oxygens (including phenoxy) is 4. The van der Waals surface area contributed by atoms with Gasteiger partial charge in [0, 0.05) is 30.2 Å². The molecule has 6 nitrogen and oxygen atoms in total. The lowest BCUT2D eigenvalue weighted by molar-refractivity contribution is -0.131. The van der Waals surface area contributed by atoms with Gasteiger partial charge < -0.3 is 24.1 Å². The average molecular weight is 511 g/mol. The number of hydrogen-bond donors (Lipinski definition) is 1. The second-order valence-corrected chi connectivity index (χ2v) is 8.55. The highest BCUT2D eigenvalue weighted by molar-refractivity contribution is 5.72. The second kappa shape index (κ2) is 13.1. The van der Waals surface area contributed by atoms with Crippen molar-refractivity contribution < 1.29 is 28.8 Å². The van der Waals surface area contributed by atoms with Crippen LogP contribution in [0.5, 0.6) is 23.0 Å². The minimum atomic E-state index is -0.981. The van der Waals surface area contributed by atoms with Gasteiger partial charge in [-0.1, -0.05) is 72.8 Å². The SMILES string of the molecule is COc1ccc(C(O)C=Cc2ccc(OCc3ccccc3)cc2OC(C)=O)c(OCc2ccccc2)c1. The zero-order valence-electron chi connectivity index (χ0n) is 21.4. The zero-order valence-corrected chi connectivity index (χ0v) is 21.4. The summed E-state index contributed by atoms with van der Waals surface area (Å²) in [5.41, 5.74) is 3.23. The van der Waals surface area contributed by atoms with E-state index in [9.17, 15) is 9.90 Å². The third-order valence-corrected chi connectivity index (χ3v) is 5.72. The maximum atomic E-state index is 11.7. The van der Waals surface area contributed by atoms with Gasteiger partial charge >= 0.3 is 5.97 Å². The van der Waals surface area contributed by atoms with Gasteiger partial charge in [0.25, 0.3) is 0 Å². The monoisotopic (exact) mass is 510 g/mol. The molecule has 0 aliphatic rings. The van der Waals surface area contributed by atoms with Crippen LogP contribution in [0.4, 0.5) is 0 Å². The maximum absolute atomic E-state index is 11.7. The minimum Gasteiger partial charge on any atom is -0.497 e. The molecule has 194 valence electrons. The summed E-state index contributed by atoms with van der Waals surface area (Å²) < 4.78 is 22.7. The number of carbonyl (C=O) groups is 1. The Morgan fingerprint density at radius 3 is 2.03 bits per heavy atom. The second-order valence-electron chi connectivity index (χ2n) is 8.55. The normalized spacial score (nSPS) is 11.7. The van der Waals surface area contributed by atoms with Crippen molar-refractivity contribution in [3.05, 3.63) is 125 Å². The fourth-order valence-electron chi connectivity index (χ4n) is 3.77. The number of methoxy groups -OCH3 is 1. The summed E-state index contributed by atoms with van der Waals surface area (Å²) in [5.74, 6) is 1.58. The molecule has 0 heterocycles. The summed E-state index contributed by atoms with van der Waals surface area (Å²) >= 11 is 0. The van der Waals surface area contributed by atoms with E-state index in [1.165, 1.54) is 6.92 Å². The van der Waals surface area contributed by atoms with Crippen molar-refractivity contribution in [3.63, 3.8) is 0 Å². The fourth-order valence-corrected chi connectivity index (χ4v) is 3.77. The Bertz CT molecular complexity index is 1370. The predicted molar refractivity (Wildman–Crippen MR) is 146 cm³/mol. The lowest BCUT2D eigenvalue weighted by Gasteiger charge is -2.16. The molecule has 0 bridgehead atoms. The van der Waals surface area contributed by atoms with E-state index in [1.807, 2.05) is 60.7 Å². The van der Waals surface area contributed by atoms with Gasteiger partial charge in [-0.25, -0.2) is 0 Å². The molecule has 0 saturated heterocycles. The van der Waals surface area contributed by atoms with Gasteiger partial charge in [0.15, 0.2) is 0 Å². The Morgan fingerprint density at radius 1 is 0.789 bits per heavy atom. The number of benzene rings is 4. The summed E-state index contributed by atoms with van der Waals surface area (Å²) in [6, 6.07) is 30.1. The van der Waals surface area contributed by atoms with E-state index in [2.05, 4.69) is 0 Å². The lowest BCUT2D eigenvalue weighted by Crippen LogP contribution is -2.04. The quantitative estimate of drug-likeness (QED) is 0.183. The molecule has 1 N–H and O–H groups in total. The molecule has 0 aromatic heterocycles. The molecule has 0 amide bonds. The summed E-state index contributed by atoms with van der Waals surface area (Å²) in [7, 11) is 1.58. The maximum Gasteiger partial charge on any atom is 0.308 e. The largest absolute Gasteiger partial charge is 0.497 e.